The molecular formula is C16H23N3O2. The van der Waals surface area contributed by atoms with E-state index in [9.17, 15) is 9.59 Å². The Labute approximate surface area is 125 Å². The minimum absolute atomic E-state index is 0.0479. The van der Waals surface area contributed by atoms with E-state index < -0.39 is 0 Å². The molecule has 21 heavy (non-hydrogen) atoms. The number of benzene rings is 1. The van der Waals surface area contributed by atoms with Crippen LogP contribution in [0.25, 0.3) is 0 Å². The fourth-order valence-corrected chi connectivity index (χ4v) is 2.60. The van der Waals surface area contributed by atoms with Gasteiger partial charge in [0.2, 0.25) is 5.91 Å². The first kappa shape index (κ1) is 15.5. The number of hydrogen-bond donors (Lipinski definition) is 3. The summed E-state index contributed by atoms with van der Waals surface area (Å²) in [6, 6.07) is 7.35. The number of carbonyl (C=O) groups excluding carboxylic acids is 2. The average molecular weight is 289 g/mol. The summed E-state index contributed by atoms with van der Waals surface area (Å²) in [6.45, 7) is 0.335. The van der Waals surface area contributed by atoms with Gasteiger partial charge in [-0.1, -0.05) is 19.3 Å². The minimum atomic E-state index is -0.133. The van der Waals surface area contributed by atoms with Crippen molar-refractivity contribution in [3.8, 4) is 0 Å². The molecule has 3 N–H and O–H groups in total. The Balaban J connectivity index is 1.77. The van der Waals surface area contributed by atoms with Crippen molar-refractivity contribution >= 4 is 17.5 Å². The summed E-state index contributed by atoms with van der Waals surface area (Å²) in [5.74, 6) is -0.180. The highest BCUT2D eigenvalue weighted by Gasteiger charge is 2.13. The van der Waals surface area contributed by atoms with Gasteiger partial charge in [-0.25, -0.2) is 0 Å². The summed E-state index contributed by atoms with van der Waals surface area (Å²) in [7, 11) is 1.59. The maximum Gasteiger partial charge on any atom is 0.251 e. The molecule has 0 bridgehead atoms. The Morgan fingerprint density at radius 3 is 2.38 bits per heavy atom. The molecule has 5 nitrogen and oxygen atoms in total. The van der Waals surface area contributed by atoms with Gasteiger partial charge in [0, 0.05) is 24.3 Å². The van der Waals surface area contributed by atoms with Crippen LogP contribution in [0.15, 0.2) is 24.3 Å². The highest BCUT2D eigenvalue weighted by Crippen LogP contribution is 2.17. The number of nitrogens with one attached hydrogen (secondary N) is 3. The van der Waals surface area contributed by atoms with Crippen LogP contribution in [-0.4, -0.2) is 31.4 Å². The van der Waals surface area contributed by atoms with Gasteiger partial charge in [-0.2, -0.15) is 0 Å². The molecule has 114 valence electrons. The van der Waals surface area contributed by atoms with Crippen molar-refractivity contribution in [1.82, 2.24) is 10.6 Å². The van der Waals surface area contributed by atoms with Crippen LogP contribution in [0.4, 0.5) is 5.69 Å². The molecule has 2 rings (SSSR count). The second-order valence-electron chi connectivity index (χ2n) is 5.42. The molecule has 0 saturated heterocycles. The fraction of sp³-hybridized carbons (Fsp3) is 0.500. The van der Waals surface area contributed by atoms with Gasteiger partial charge in [0.15, 0.2) is 0 Å². The summed E-state index contributed by atoms with van der Waals surface area (Å²) in [5.41, 5.74) is 1.29. The second kappa shape index (κ2) is 7.78. The van der Waals surface area contributed by atoms with E-state index in [1.807, 2.05) is 0 Å². The smallest absolute Gasteiger partial charge is 0.251 e. The lowest BCUT2D eigenvalue weighted by molar-refractivity contribution is -0.115. The molecule has 1 fully saturated rings. The zero-order valence-electron chi connectivity index (χ0n) is 12.4. The van der Waals surface area contributed by atoms with Crippen molar-refractivity contribution in [1.29, 1.82) is 0 Å². The van der Waals surface area contributed by atoms with Gasteiger partial charge < -0.3 is 16.0 Å². The fourth-order valence-electron chi connectivity index (χ4n) is 2.60. The van der Waals surface area contributed by atoms with Crippen molar-refractivity contribution in [3.63, 3.8) is 0 Å². The third-order valence-corrected chi connectivity index (χ3v) is 3.81. The Morgan fingerprint density at radius 2 is 1.76 bits per heavy atom. The molecule has 5 heteroatoms. The SMILES string of the molecule is CNC(=O)c1ccc(NC(=O)CNC2CCCCC2)cc1. The van der Waals surface area contributed by atoms with Crippen molar-refractivity contribution < 1.29 is 9.59 Å². The Morgan fingerprint density at radius 1 is 1.10 bits per heavy atom. The van der Waals surface area contributed by atoms with Gasteiger partial charge in [0.1, 0.15) is 0 Å². The topological polar surface area (TPSA) is 70.2 Å². The van der Waals surface area contributed by atoms with E-state index >= 15 is 0 Å². The van der Waals surface area contributed by atoms with E-state index in [0.717, 1.165) is 12.8 Å². The van der Waals surface area contributed by atoms with Crippen LogP contribution < -0.4 is 16.0 Å². The molecular weight excluding hydrogens is 266 g/mol. The predicted octanol–water partition coefficient (Wildman–Crippen LogP) is 1.91. The lowest BCUT2D eigenvalue weighted by Gasteiger charge is -2.22. The van der Waals surface area contributed by atoms with Crippen molar-refractivity contribution in [3.05, 3.63) is 29.8 Å². The third-order valence-electron chi connectivity index (χ3n) is 3.81. The van der Waals surface area contributed by atoms with Crippen LogP contribution in [0, 0.1) is 0 Å². The molecule has 1 aromatic carbocycles. The quantitative estimate of drug-likeness (QED) is 0.775. The van der Waals surface area contributed by atoms with Crippen LogP contribution >= 0.6 is 0 Å². The number of amides is 2. The summed E-state index contributed by atoms with van der Waals surface area (Å²) in [4.78, 5) is 23.3. The molecule has 1 aromatic rings. The van der Waals surface area contributed by atoms with Crippen molar-refractivity contribution in [2.45, 2.75) is 38.1 Å². The summed E-state index contributed by atoms with van der Waals surface area (Å²) < 4.78 is 0. The lowest BCUT2D eigenvalue weighted by Crippen LogP contribution is -2.37. The van der Waals surface area contributed by atoms with Crippen molar-refractivity contribution in [2.75, 3.05) is 18.9 Å². The van der Waals surface area contributed by atoms with E-state index in [1.54, 1.807) is 31.3 Å². The number of carbonyl (C=O) groups is 2. The molecule has 0 radical (unpaired) electrons. The molecule has 0 aliphatic heterocycles. The molecule has 0 heterocycles. The summed E-state index contributed by atoms with van der Waals surface area (Å²) >= 11 is 0. The lowest BCUT2D eigenvalue weighted by atomic mass is 9.95. The maximum atomic E-state index is 11.9. The van der Waals surface area contributed by atoms with E-state index in [2.05, 4.69) is 16.0 Å². The normalized spacial score (nSPS) is 15.5. The molecule has 0 spiro atoms. The standard InChI is InChI=1S/C16H23N3O2/c1-17-16(21)12-7-9-14(10-8-12)19-15(20)11-18-13-5-3-2-4-6-13/h7-10,13,18H,2-6,11H2,1H3,(H,17,21)(H,19,20). The molecule has 1 aliphatic rings. The van der Waals surface area contributed by atoms with E-state index in [4.69, 9.17) is 0 Å². The van der Waals surface area contributed by atoms with E-state index in [0.29, 0.717) is 23.8 Å². The van der Waals surface area contributed by atoms with Crippen LogP contribution in [0.1, 0.15) is 42.5 Å². The minimum Gasteiger partial charge on any atom is -0.355 e. The van der Waals surface area contributed by atoms with Crippen molar-refractivity contribution in [2.24, 2.45) is 0 Å². The van der Waals surface area contributed by atoms with E-state index in [-0.39, 0.29) is 11.8 Å². The second-order valence-corrected chi connectivity index (χ2v) is 5.42. The van der Waals surface area contributed by atoms with Gasteiger partial charge in [0.25, 0.3) is 5.91 Å². The van der Waals surface area contributed by atoms with Gasteiger partial charge in [-0.3, -0.25) is 9.59 Å². The Kier molecular flexibility index (Phi) is 5.75. The summed E-state index contributed by atoms with van der Waals surface area (Å²) in [6.07, 6.45) is 6.13. The molecule has 0 atom stereocenters. The van der Waals surface area contributed by atoms with Crippen LogP contribution in [0.3, 0.4) is 0 Å². The van der Waals surface area contributed by atoms with Crippen LogP contribution in [0.5, 0.6) is 0 Å². The average Bonchev–Trinajstić information content (AvgIpc) is 2.54. The monoisotopic (exact) mass is 289 g/mol. The first-order valence-electron chi connectivity index (χ1n) is 7.54. The molecule has 0 aromatic heterocycles. The summed E-state index contributed by atoms with van der Waals surface area (Å²) in [5, 5.41) is 8.70. The predicted molar refractivity (Wildman–Crippen MR) is 83.3 cm³/mol. The number of rotatable bonds is 5. The molecule has 0 unspecified atom stereocenters. The Bertz CT molecular complexity index is 479. The zero-order chi connectivity index (χ0) is 15.1. The maximum absolute atomic E-state index is 11.9. The largest absolute Gasteiger partial charge is 0.355 e. The number of hydrogen-bond acceptors (Lipinski definition) is 3. The molecule has 2 amide bonds. The zero-order valence-corrected chi connectivity index (χ0v) is 12.4. The first-order valence-corrected chi connectivity index (χ1v) is 7.54. The number of anilines is 1. The molecule has 1 aliphatic carbocycles. The van der Waals surface area contributed by atoms with Crippen LogP contribution in [0.2, 0.25) is 0 Å². The third kappa shape index (κ3) is 4.86. The highest BCUT2D eigenvalue weighted by atomic mass is 16.2. The Hall–Kier alpha value is -1.88. The van der Waals surface area contributed by atoms with Gasteiger partial charge >= 0.3 is 0 Å². The van der Waals surface area contributed by atoms with E-state index in [1.165, 1.54) is 19.3 Å². The highest BCUT2D eigenvalue weighted by molar-refractivity contribution is 5.96. The van der Waals surface area contributed by atoms with Gasteiger partial charge in [-0.15, -0.1) is 0 Å². The van der Waals surface area contributed by atoms with Gasteiger partial charge in [-0.05, 0) is 37.1 Å². The van der Waals surface area contributed by atoms with Gasteiger partial charge in [0.05, 0.1) is 6.54 Å². The molecule has 1 saturated carbocycles. The first-order chi connectivity index (χ1) is 10.2. The van der Waals surface area contributed by atoms with Crippen LogP contribution in [-0.2, 0) is 4.79 Å².